The summed E-state index contributed by atoms with van der Waals surface area (Å²) in [6.45, 7) is 2.16. The third kappa shape index (κ3) is 16.3. The van der Waals surface area contributed by atoms with E-state index in [0.717, 1.165) is 38.2 Å². The molecule has 0 amide bonds. The second-order valence-corrected chi connectivity index (χ2v) is 5.54. The summed E-state index contributed by atoms with van der Waals surface area (Å²) >= 11 is 0. The van der Waals surface area contributed by atoms with Crippen LogP contribution in [0.1, 0.15) is 51.9 Å². The van der Waals surface area contributed by atoms with Gasteiger partial charge in [-0.1, -0.05) is 62.6 Å². The van der Waals surface area contributed by atoms with Gasteiger partial charge in [-0.3, -0.25) is 0 Å². The highest BCUT2D eigenvalue weighted by molar-refractivity contribution is 5.80. The van der Waals surface area contributed by atoms with Crippen molar-refractivity contribution < 1.29 is 20.1 Å². The average molecular weight is 334 g/mol. The van der Waals surface area contributed by atoms with E-state index in [2.05, 4.69) is 6.92 Å². The van der Waals surface area contributed by atoms with Crippen LogP contribution in [0.4, 0.5) is 0 Å². The maximum atomic E-state index is 10.2. The van der Waals surface area contributed by atoms with Gasteiger partial charge in [0.05, 0.1) is 6.10 Å². The predicted octanol–water partition coefficient (Wildman–Crippen LogP) is 4.85. The summed E-state index contributed by atoms with van der Waals surface area (Å²) < 4.78 is 0. The second kappa shape index (κ2) is 15.8. The average Bonchev–Trinajstić information content (AvgIpc) is 2.53. The fourth-order valence-electron chi connectivity index (χ4n) is 1.99. The van der Waals surface area contributed by atoms with Crippen LogP contribution in [-0.2, 0) is 4.79 Å². The van der Waals surface area contributed by atoms with Crippen LogP contribution in [0.5, 0.6) is 0 Å². The second-order valence-electron chi connectivity index (χ2n) is 5.54. The Bertz CT molecular complexity index is 470. The van der Waals surface area contributed by atoms with E-state index in [-0.39, 0.29) is 11.9 Å². The van der Waals surface area contributed by atoms with Crippen molar-refractivity contribution in [3.63, 3.8) is 0 Å². The summed E-state index contributed by atoms with van der Waals surface area (Å²) in [7, 11) is 0. The maximum absolute atomic E-state index is 10.2. The summed E-state index contributed by atoms with van der Waals surface area (Å²) in [5, 5.41) is 27.6. The van der Waals surface area contributed by atoms with Crippen molar-refractivity contribution >= 4 is 5.97 Å². The molecule has 134 valence electrons. The Labute approximate surface area is 145 Å². The number of hydrogen-bond acceptors (Lipinski definition) is 3. The van der Waals surface area contributed by atoms with Gasteiger partial charge in [-0.15, -0.1) is 0 Å². The fraction of sp³-hybridized carbons (Fsp3) is 0.450. The van der Waals surface area contributed by atoms with Crippen molar-refractivity contribution in [1.82, 2.24) is 0 Å². The Morgan fingerprint density at radius 3 is 2.33 bits per heavy atom. The lowest BCUT2D eigenvalue weighted by molar-refractivity contribution is -0.131. The number of carboxylic acid groups (broad SMARTS) is 1. The zero-order chi connectivity index (χ0) is 18.0. The molecule has 0 rings (SSSR count). The lowest BCUT2D eigenvalue weighted by Crippen LogP contribution is -2.05. The molecule has 0 aliphatic rings. The van der Waals surface area contributed by atoms with E-state index in [9.17, 15) is 15.0 Å². The molecule has 0 heterocycles. The van der Waals surface area contributed by atoms with E-state index in [4.69, 9.17) is 5.11 Å². The van der Waals surface area contributed by atoms with Gasteiger partial charge in [-0.25, -0.2) is 4.79 Å². The van der Waals surface area contributed by atoms with E-state index in [1.54, 1.807) is 12.2 Å². The molecular formula is C20H30O4. The number of carboxylic acids is 1. The SMILES string of the molecule is CCCCCC(O)CCC/C=C/C=C/C=C/C(O)=C/C=C/C(=O)O. The summed E-state index contributed by atoms with van der Waals surface area (Å²) in [5.41, 5.74) is 0. The molecule has 3 N–H and O–H groups in total. The van der Waals surface area contributed by atoms with Crippen LogP contribution in [0.25, 0.3) is 0 Å². The van der Waals surface area contributed by atoms with E-state index in [0.29, 0.717) is 0 Å². The molecule has 0 aromatic rings. The van der Waals surface area contributed by atoms with E-state index < -0.39 is 5.97 Å². The molecule has 1 unspecified atom stereocenters. The first kappa shape index (κ1) is 21.9. The quantitative estimate of drug-likeness (QED) is 0.195. The topological polar surface area (TPSA) is 77.8 Å². The Morgan fingerprint density at radius 1 is 0.917 bits per heavy atom. The van der Waals surface area contributed by atoms with Gasteiger partial charge in [-0.05, 0) is 37.8 Å². The van der Waals surface area contributed by atoms with Gasteiger partial charge >= 0.3 is 5.97 Å². The van der Waals surface area contributed by atoms with Crippen molar-refractivity contribution in [2.75, 3.05) is 0 Å². The van der Waals surface area contributed by atoms with Gasteiger partial charge in [0, 0.05) is 6.08 Å². The largest absolute Gasteiger partial charge is 0.508 e. The number of aliphatic hydroxyl groups is 2. The molecule has 0 aromatic heterocycles. The molecule has 0 aliphatic heterocycles. The van der Waals surface area contributed by atoms with E-state index in [1.165, 1.54) is 31.1 Å². The first-order valence-corrected chi connectivity index (χ1v) is 8.54. The van der Waals surface area contributed by atoms with Crippen LogP contribution in [0.2, 0.25) is 0 Å². The molecule has 0 saturated heterocycles. The van der Waals surface area contributed by atoms with E-state index >= 15 is 0 Å². The van der Waals surface area contributed by atoms with Crippen LogP contribution < -0.4 is 0 Å². The van der Waals surface area contributed by atoms with Gasteiger partial charge in [0.1, 0.15) is 5.76 Å². The normalized spacial score (nSPS) is 14.5. The van der Waals surface area contributed by atoms with Gasteiger partial charge < -0.3 is 15.3 Å². The zero-order valence-electron chi connectivity index (χ0n) is 14.5. The summed E-state index contributed by atoms with van der Waals surface area (Å²) in [6.07, 6.45) is 21.3. The van der Waals surface area contributed by atoms with Crippen molar-refractivity contribution in [1.29, 1.82) is 0 Å². The number of aliphatic hydroxyl groups excluding tert-OH is 2. The number of allylic oxidation sites excluding steroid dienone is 8. The smallest absolute Gasteiger partial charge is 0.328 e. The molecule has 0 fully saturated rings. The van der Waals surface area contributed by atoms with Crippen LogP contribution >= 0.6 is 0 Å². The Hall–Kier alpha value is -2.07. The minimum Gasteiger partial charge on any atom is -0.508 e. The highest BCUT2D eigenvalue weighted by atomic mass is 16.4. The molecule has 24 heavy (non-hydrogen) atoms. The molecular weight excluding hydrogens is 304 g/mol. The minimum absolute atomic E-state index is 0.0156. The molecule has 0 aromatic carbocycles. The molecule has 0 aliphatic carbocycles. The third-order valence-electron chi connectivity index (χ3n) is 3.29. The first-order valence-electron chi connectivity index (χ1n) is 8.54. The summed E-state index contributed by atoms with van der Waals surface area (Å²) in [5.74, 6) is -1.07. The van der Waals surface area contributed by atoms with Crippen LogP contribution in [0, 0.1) is 0 Å². The van der Waals surface area contributed by atoms with E-state index in [1.807, 2.05) is 18.2 Å². The van der Waals surface area contributed by atoms with Gasteiger partial charge in [0.15, 0.2) is 0 Å². The number of rotatable bonds is 13. The van der Waals surface area contributed by atoms with Crippen molar-refractivity contribution in [3.8, 4) is 0 Å². The molecule has 0 bridgehead atoms. The Morgan fingerprint density at radius 2 is 1.62 bits per heavy atom. The van der Waals surface area contributed by atoms with Gasteiger partial charge in [0.25, 0.3) is 0 Å². The van der Waals surface area contributed by atoms with Crippen molar-refractivity contribution in [3.05, 3.63) is 60.4 Å². The predicted molar refractivity (Wildman–Crippen MR) is 98.9 cm³/mol. The van der Waals surface area contributed by atoms with Crippen molar-refractivity contribution in [2.24, 2.45) is 0 Å². The van der Waals surface area contributed by atoms with Crippen LogP contribution in [0.3, 0.4) is 0 Å². The number of unbranched alkanes of at least 4 members (excludes halogenated alkanes) is 3. The molecule has 4 heteroatoms. The number of carbonyl (C=O) groups is 1. The van der Waals surface area contributed by atoms with Gasteiger partial charge in [-0.2, -0.15) is 0 Å². The third-order valence-corrected chi connectivity index (χ3v) is 3.29. The zero-order valence-corrected chi connectivity index (χ0v) is 14.5. The molecule has 4 nitrogen and oxygen atoms in total. The number of aliphatic carboxylic acids is 1. The summed E-state index contributed by atoms with van der Waals surface area (Å²) in [6, 6.07) is 0. The highest BCUT2D eigenvalue weighted by Crippen LogP contribution is 2.09. The monoisotopic (exact) mass is 334 g/mol. The van der Waals surface area contributed by atoms with Gasteiger partial charge in [0.2, 0.25) is 0 Å². The first-order chi connectivity index (χ1) is 11.6. The lowest BCUT2D eigenvalue weighted by atomic mass is 10.1. The minimum atomic E-state index is -1.05. The lowest BCUT2D eigenvalue weighted by Gasteiger charge is -2.08. The molecule has 0 saturated carbocycles. The fourth-order valence-corrected chi connectivity index (χ4v) is 1.99. The molecule has 1 atom stereocenters. The number of hydrogen-bond donors (Lipinski definition) is 3. The van der Waals surface area contributed by atoms with Crippen LogP contribution in [-0.4, -0.2) is 27.4 Å². The Kier molecular flexibility index (Phi) is 14.4. The standard InChI is InChI=1S/C20H30O4/c1-2-3-9-13-18(21)14-10-7-5-4-6-8-11-15-19(22)16-12-17-20(23)24/h4-6,8,11-12,15-18,21-22H,2-3,7,9-10,13-14H2,1H3,(H,23,24)/b5-4+,8-6+,15-11+,17-12+,19-16-. The van der Waals surface area contributed by atoms with Crippen molar-refractivity contribution in [2.45, 2.75) is 58.0 Å². The van der Waals surface area contributed by atoms with Crippen LogP contribution in [0.15, 0.2) is 60.4 Å². The summed E-state index contributed by atoms with van der Waals surface area (Å²) in [4.78, 5) is 10.2. The Balaban J connectivity index is 3.81. The maximum Gasteiger partial charge on any atom is 0.328 e. The highest BCUT2D eigenvalue weighted by Gasteiger charge is 2.01. The molecule has 0 radical (unpaired) electrons. The molecule has 0 spiro atoms.